The summed E-state index contributed by atoms with van der Waals surface area (Å²) in [5, 5.41) is 0. The summed E-state index contributed by atoms with van der Waals surface area (Å²) in [5.74, 6) is 0.453. The monoisotopic (exact) mass is 179 g/mol. The number of nitrogens with zero attached hydrogens (tertiary/aromatic N) is 3. The summed E-state index contributed by atoms with van der Waals surface area (Å²) >= 11 is 0. The van der Waals surface area contributed by atoms with Crippen molar-refractivity contribution < 1.29 is 0 Å². The zero-order valence-corrected chi connectivity index (χ0v) is 8.78. The first-order chi connectivity index (χ1) is 6.09. The van der Waals surface area contributed by atoms with E-state index in [0.29, 0.717) is 5.92 Å². The van der Waals surface area contributed by atoms with Crippen molar-refractivity contribution in [2.24, 2.45) is 0 Å². The lowest BCUT2D eigenvalue weighted by Crippen LogP contribution is -2.13. The Morgan fingerprint density at radius 3 is 2.54 bits per heavy atom. The van der Waals surface area contributed by atoms with Crippen molar-refractivity contribution in [3.63, 3.8) is 0 Å². The molecular weight excluding hydrogens is 162 g/mol. The summed E-state index contributed by atoms with van der Waals surface area (Å²) in [6.07, 6.45) is 3.66. The highest BCUT2D eigenvalue weighted by molar-refractivity contribution is 5.06. The summed E-state index contributed by atoms with van der Waals surface area (Å²) in [6, 6.07) is 0. The van der Waals surface area contributed by atoms with Crippen LogP contribution >= 0.6 is 0 Å². The standard InChI is InChI=1S/C10H17N3/c1-8(2)10-6-11-5-9(12-10)7-13(3)4/h5-6,8H,7H2,1-4H3. The van der Waals surface area contributed by atoms with Crippen molar-refractivity contribution in [2.45, 2.75) is 26.3 Å². The van der Waals surface area contributed by atoms with E-state index in [1.165, 1.54) is 0 Å². The van der Waals surface area contributed by atoms with Gasteiger partial charge < -0.3 is 4.90 Å². The minimum Gasteiger partial charge on any atom is -0.304 e. The van der Waals surface area contributed by atoms with Crippen molar-refractivity contribution in [2.75, 3.05) is 14.1 Å². The van der Waals surface area contributed by atoms with Gasteiger partial charge in [0.1, 0.15) is 0 Å². The maximum absolute atomic E-state index is 4.51. The summed E-state index contributed by atoms with van der Waals surface area (Å²) in [5.41, 5.74) is 2.11. The van der Waals surface area contributed by atoms with Crippen LogP contribution in [0.1, 0.15) is 31.2 Å². The van der Waals surface area contributed by atoms with Crippen molar-refractivity contribution in [3.8, 4) is 0 Å². The first-order valence-electron chi connectivity index (χ1n) is 4.55. The molecule has 0 bridgehead atoms. The minimum atomic E-state index is 0.453. The van der Waals surface area contributed by atoms with Gasteiger partial charge in [-0.1, -0.05) is 13.8 Å². The Hall–Kier alpha value is -0.960. The van der Waals surface area contributed by atoms with Crippen molar-refractivity contribution in [1.82, 2.24) is 14.9 Å². The smallest absolute Gasteiger partial charge is 0.0730 e. The van der Waals surface area contributed by atoms with Crippen molar-refractivity contribution in [3.05, 3.63) is 23.8 Å². The molecule has 0 saturated heterocycles. The van der Waals surface area contributed by atoms with Crippen LogP contribution < -0.4 is 0 Å². The van der Waals surface area contributed by atoms with E-state index < -0.39 is 0 Å². The van der Waals surface area contributed by atoms with Crippen LogP contribution in [0.15, 0.2) is 12.4 Å². The summed E-state index contributed by atoms with van der Waals surface area (Å²) < 4.78 is 0. The lowest BCUT2D eigenvalue weighted by atomic mass is 10.1. The van der Waals surface area contributed by atoms with E-state index in [1.54, 1.807) is 0 Å². The molecule has 1 aromatic heterocycles. The predicted octanol–water partition coefficient (Wildman–Crippen LogP) is 1.66. The highest BCUT2D eigenvalue weighted by Crippen LogP contribution is 2.10. The second-order valence-corrected chi connectivity index (χ2v) is 3.83. The topological polar surface area (TPSA) is 29.0 Å². The Bertz CT molecular complexity index is 269. The molecule has 1 heterocycles. The van der Waals surface area contributed by atoms with Crippen molar-refractivity contribution >= 4 is 0 Å². The molecule has 0 saturated carbocycles. The van der Waals surface area contributed by atoms with Gasteiger partial charge in [-0.2, -0.15) is 0 Å². The number of hydrogen-bond donors (Lipinski definition) is 0. The molecule has 0 unspecified atom stereocenters. The Balaban J connectivity index is 2.79. The number of hydrogen-bond acceptors (Lipinski definition) is 3. The van der Waals surface area contributed by atoms with Crippen LogP contribution in [-0.4, -0.2) is 29.0 Å². The van der Waals surface area contributed by atoms with Crippen LogP contribution in [-0.2, 0) is 6.54 Å². The fourth-order valence-electron chi connectivity index (χ4n) is 1.10. The molecule has 0 fully saturated rings. The molecule has 0 aliphatic rings. The molecule has 0 aromatic carbocycles. The Labute approximate surface area is 79.8 Å². The first kappa shape index (κ1) is 10.1. The number of aromatic nitrogens is 2. The predicted molar refractivity (Wildman–Crippen MR) is 53.5 cm³/mol. The highest BCUT2D eigenvalue weighted by atomic mass is 15.1. The quantitative estimate of drug-likeness (QED) is 0.706. The molecule has 0 spiro atoms. The molecule has 0 radical (unpaired) electrons. The largest absolute Gasteiger partial charge is 0.304 e. The third-order valence-electron chi connectivity index (χ3n) is 1.77. The molecule has 1 aromatic rings. The van der Waals surface area contributed by atoms with Gasteiger partial charge in [-0.3, -0.25) is 9.97 Å². The minimum absolute atomic E-state index is 0.453. The second-order valence-electron chi connectivity index (χ2n) is 3.83. The van der Waals surface area contributed by atoms with E-state index in [1.807, 2.05) is 26.5 Å². The molecule has 3 heteroatoms. The Kier molecular flexibility index (Phi) is 3.37. The van der Waals surface area contributed by atoms with E-state index in [-0.39, 0.29) is 0 Å². The van der Waals surface area contributed by atoms with Crippen LogP contribution in [0.4, 0.5) is 0 Å². The van der Waals surface area contributed by atoms with Crippen LogP contribution in [0, 0.1) is 0 Å². The van der Waals surface area contributed by atoms with Gasteiger partial charge in [0.2, 0.25) is 0 Å². The third kappa shape index (κ3) is 3.11. The number of rotatable bonds is 3. The molecule has 13 heavy (non-hydrogen) atoms. The maximum Gasteiger partial charge on any atom is 0.0730 e. The Morgan fingerprint density at radius 1 is 1.31 bits per heavy atom. The molecule has 0 amide bonds. The van der Waals surface area contributed by atoms with Gasteiger partial charge in [-0.25, -0.2) is 0 Å². The fourth-order valence-corrected chi connectivity index (χ4v) is 1.10. The summed E-state index contributed by atoms with van der Waals surface area (Å²) in [7, 11) is 4.06. The van der Waals surface area contributed by atoms with Crippen LogP contribution in [0.25, 0.3) is 0 Å². The molecule has 0 aliphatic heterocycles. The summed E-state index contributed by atoms with van der Waals surface area (Å²) in [6.45, 7) is 5.11. The average Bonchev–Trinajstić information content (AvgIpc) is 2.03. The van der Waals surface area contributed by atoms with E-state index in [2.05, 4.69) is 28.7 Å². The molecule has 0 atom stereocenters. The molecule has 3 nitrogen and oxygen atoms in total. The Morgan fingerprint density at radius 2 is 2.00 bits per heavy atom. The molecule has 0 N–H and O–H groups in total. The maximum atomic E-state index is 4.51. The van der Waals surface area contributed by atoms with Gasteiger partial charge in [0, 0.05) is 18.9 Å². The lowest BCUT2D eigenvalue weighted by molar-refractivity contribution is 0.395. The van der Waals surface area contributed by atoms with Crippen molar-refractivity contribution in [1.29, 1.82) is 0 Å². The zero-order valence-electron chi connectivity index (χ0n) is 8.78. The molecule has 0 aliphatic carbocycles. The SMILES string of the molecule is CC(C)c1cncc(CN(C)C)n1. The van der Waals surface area contributed by atoms with Gasteiger partial charge in [0.05, 0.1) is 11.4 Å². The third-order valence-corrected chi connectivity index (χ3v) is 1.77. The normalized spacial score (nSPS) is 11.2. The van der Waals surface area contributed by atoms with E-state index in [4.69, 9.17) is 0 Å². The highest BCUT2D eigenvalue weighted by Gasteiger charge is 2.03. The van der Waals surface area contributed by atoms with Gasteiger partial charge in [-0.15, -0.1) is 0 Å². The zero-order chi connectivity index (χ0) is 9.84. The average molecular weight is 179 g/mol. The van der Waals surface area contributed by atoms with Gasteiger partial charge in [0.15, 0.2) is 0 Å². The first-order valence-corrected chi connectivity index (χ1v) is 4.55. The van der Waals surface area contributed by atoms with Gasteiger partial charge >= 0.3 is 0 Å². The summed E-state index contributed by atoms with van der Waals surface area (Å²) in [4.78, 5) is 10.8. The van der Waals surface area contributed by atoms with Crippen LogP contribution in [0.2, 0.25) is 0 Å². The van der Waals surface area contributed by atoms with E-state index >= 15 is 0 Å². The molecule has 72 valence electrons. The fraction of sp³-hybridized carbons (Fsp3) is 0.600. The molecular formula is C10H17N3. The van der Waals surface area contributed by atoms with E-state index in [9.17, 15) is 0 Å². The second kappa shape index (κ2) is 4.33. The van der Waals surface area contributed by atoms with Gasteiger partial charge in [-0.05, 0) is 20.0 Å². The van der Waals surface area contributed by atoms with Crippen LogP contribution in [0.3, 0.4) is 0 Å². The molecule has 1 rings (SSSR count). The van der Waals surface area contributed by atoms with Gasteiger partial charge in [0.25, 0.3) is 0 Å². The van der Waals surface area contributed by atoms with Crippen LogP contribution in [0.5, 0.6) is 0 Å². The lowest BCUT2D eigenvalue weighted by Gasteiger charge is -2.10. The van der Waals surface area contributed by atoms with E-state index in [0.717, 1.165) is 17.9 Å².